The standard InChI is InChI=1S/C17H21NOS/c1-2-19-17-11-7-6-8-15(17)14-18-12-13-20-16-9-4-3-5-10-16/h3-11,18H,2,12-14H2,1H3. The third-order valence-corrected chi connectivity index (χ3v) is 3.89. The fraction of sp³-hybridized carbons (Fsp3) is 0.294. The van der Waals surface area contributed by atoms with Gasteiger partial charge >= 0.3 is 0 Å². The first kappa shape index (κ1) is 14.9. The lowest BCUT2D eigenvalue weighted by Crippen LogP contribution is -2.17. The van der Waals surface area contributed by atoms with Crippen molar-refractivity contribution in [3.8, 4) is 5.75 Å². The minimum atomic E-state index is 0.709. The van der Waals surface area contributed by atoms with E-state index in [1.807, 2.05) is 36.9 Å². The molecule has 0 saturated carbocycles. The molecule has 1 N–H and O–H groups in total. The van der Waals surface area contributed by atoms with E-state index in [9.17, 15) is 0 Å². The molecule has 0 unspecified atom stereocenters. The Hall–Kier alpha value is -1.45. The van der Waals surface area contributed by atoms with Gasteiger partial charge in [0.15, 0.2) is 0 Å². The minimum absolute atomic E-state index is 0.709. The van der Waals surface area contributed by atoms with Gasteiger partial charge in [-0.25, -0.2) is 0 Å². The van der Waals surface area contributed by atoms with Crippen LogP contribution >= 0.6 is 11.8 Å². The summed E-state index contributed by atoms with van der Waals surface area (Å²) < 4.78 is 5.62. The molecule has 2 aromatic carbocycles. The van der Waals surface area contributed by atoms with E-state index in [-0.39, 0.29) is 0 Å². The predicted molar refractivity (Wildman–Crippen MR) is 86.5 cm³/mol. The van der Waals surface area contributed by atoms with Crippen LogP contribution in [0.5, 0.6) is 5.75 Å². The van der Waals surface area contributed by atoms with Crippen LogP contribution < -0.4 is 10.1 Å². The van der Waals surface area contributed by atoms with Crippen LogP contribution in [0.25, 0.3) is 0 Å². The van der Waals surface area contributed by atoms with Crippen LogP contribution in [0, 0.1) is 0 Å². The molecule has 3 heteroatoms. The van der Waals surface area contributed by atoms with E-state index in [1.54, 1.807) is 0 Å². The Labute approximate surface area is 125 Å². The van der Waals surface area contributed by atoms with Crippen molar-refractivity contribution >= 4 is 11.8 Å². The summed E-state index contributed by atoms with van der Waals surface area (Å²) in [5.74, 6) is 2.05. The normalized spacial score (nSPS) is 10.4. The van der Waals surface area contributed by atoms with E-state index in [0.717, 1.165) is 24.6 Å². The topological polar surface area (TPSA) is 21.3 Å². The molecule has 0 atom stereocenters. The molecule has 0 spiro atoms. The zero-order valence-corrected chi connectivity index (χ0v) is 12.7. The van der Waals surface area contributed by atoms with E-state index in [2.05, 4.69) is 41.7 Å². The third kappa shape index (κ3) is 4.91. The lowest BCUT2D eigenvalue weighted by Gasteiger charge is -2.10. The number of hydrogen-bond acceptors (Lipinski definition) is 3. The molecule has 0 bridgehead atoms. The van der Waals surface area contributed by atoms with E-state index in [4.69, 9.17) is 4.74 Å². The van der Waals surface area contributed by atoms with Crippen molar-refractivity contribution < 1.29 is 4.74 Å². The maximum absolute atomic E-state index is 5.62. The summed E-state index contributed by atoms with van der Waals surface area (Å²) in [6, 6.07) is 18.7. The Morgan fingerprint density at radius 3 is 2.55 bits per heavy atom. The highest BCUT2D eigenvalue weighted by molar-refractivity contribution is 7.99. The Balaban J connectivity index is 1.71. The van der Waals surface area contributed by atoms with Gasteiger partial charge in [0.05, 0.1) is 6.61 Å². The predicted octanol–water partition coefficient (Wildman–Crippen LogP) is 3.97. The summed E-state index contributed by atoms with van der Waals surface area (Å²) in [6.07, 6.45) is 0. The molecule has 106 valence electrons. The maximum atomic E-state index is 5.62. The number of benzene rings is 2. The average molecular weight is 287 g/mol. The Morgan fingerprint density at radius 1 is 1.00 bits per heavy atom. The zero-order valence-electron chi connectivity index (χ0n) is 11.8. The Bertz CT molecular complexity index is 501. The highest BCUT2D eigenvalue weighted by Crippen LogP contribution is 2.18. The molecule has 2 rings (SSSR count). The van der Waals surface area contributed by atoms with Gasteiger partial charge in [0, 0.05) is 29.3 Å². The van der Waals surface area contributed by atoms with Crippen molar-refractivity contribution in [1.82, 2.24) is 5.32 Å². The molecule has 0 amide bonds. The molecule has 0 aliphatic heterocycles. The Morgan fingerprint density at radius 2 is 1.75 bits per heavy atom. The molecule has 0 aromatic heterocycles. The summed E-state index contributed by atoms with van der Waals surface area (Å²) in [6.45, 7) is 4.56. The van der Waals surface area contributed by atoms with E-state index in [0.29, 0.717) is 6.61 Å². The van der Waals surface area contributed by atoms with Crippen molar-refractivity contribution in [2.45, 2.75) is 18.4 Å². The molecule has 0 aliphatic carbocycles. The van der Waals surface area contributed by atoms with Crippen LogP contribution in [0.3, 0.4) is 0 Å². The number of para-hydroxylation sites is 1. The van der Waals surface area contributed by atoms with Gasteiger partial charge in [0.25, 0.3) is 0 Å². The number of ether oxygens (including phenoxy) is 1. The number of nitrogens with one attached hydrogen (secondary N) is 1. The molecule has 0 heterocycles. The molecular formula is C17H21NOS. The second-order valence-electron chi connectivity index (χ2n) is 4.38. The van der Waals surface area contributed by atoms with Crippen molar-refractivity contribution in [3.05, 3.63) is 60.2 Å². The van der Waals surface area contributed by atoms with Crippen molar-refractivity contribution in [3.63, 3.8) is 0 Å². The fourth-order valence-corrected chi connectivity index (χ4v) is 2.76. The monoisotopic (exact) mass is 287 g/mol. The zero-order chi connectivity index (χ0) is 14.0. The second kappa shape index (κ2) is 8.67. The Kier molecular flexibility index (Phi) is 6.48. The summed E-state index contributed by atoms with van der Waals surface area (Å²) in [5.41, 5.74) is 1.22. The summed E-state index contributed by atoms with van der Waals surface area (Å²) >= 11 is 1.88. The van der Waals surface area contributed by atoms with Crippen LogP contribution in [-0.4, -0.2) is 18.9 Å². The van der Waals surface area contributed by atoms with Gasteiger partial charge in [0.2, 0.25) is 0 Å². The van der Waals surface area contributed by atoms with Crippen LogP contribution in [0.1, 0.15) is 12.5 Å². The van der Waals surface area contributed by atoms with Gasteiger partial charge in [0.1, 0.15) is 5.75 Å². The number of rotatable bonds is 8. The molecular weight excluding hydrogens is 266 g/mol. The van der Waals surface area contributed by atoms with E-state index < -0.39 is 0 Å². The van der Waals surface area contributed by atoms with Crippen LogP contribution in [0.4, 0.5) is 0 Å². The molecule has 0 radical (unpaired) electrons. The molecule has 20 heavy (non-hydrogen) atoms. The van der Waals surface area contributed by atoms with Gasteiger partial charge in [-0.2, -0.15) is 0 Å². The minimum Gasteiger partial charge on any atom is -0.494 e. The van der Waals surface area contributed by atoms with Gasteiger partial charge in [-0.15, -0.1) is 11.8 Å². The SMILES string of the molecule is CCOc1ccccc1CNCCSc1ccccc1. The van der Waals surface area contributed by atoms with Gasteiger partial charge in [-0.3, -0.25) is 0 Å². The molecule has 0 fully saturated rings. The van der Waals surface area contributed by atoms with Gasteiger partial charge < -0.3 is 10.1 Å². The molecule has 2 nitrogen and oxygen atoms in total. The van der Waals surface area contributed by atoms with Crippen LogP contribution in [0.2, 0.25) is 0 Å². The lowest BCUT2D eigenvalue weighted by atomic mass is 10.2. The summed E-state index contributed by atoms with van der Waals surface area (Å²) in [7, 11) is 0. The van der Waals surface area contributed by atoms with E-state index in [1.165, 1.54) is 10.5 Å². The maximum Gasteiger partial charge on any atom is 0.123 e. The van der Waals surface area contributed by atoms with Crippen molar-refractivity contribution in [2.75, 3.05) is 18.9 Å². The molecule has 0 aliphatic rings. The molecule has 2 aromatic rings. The van der Waals surface area contributed by atoms with Gasteiger partial charge in [-0.05, 0) is 25.1 Å². The quantitative estimate of drug-likeness (QED) is 0.586. The van der Waals surface area contributed by atoms with Crippen LogP contribution in [0.15, 0.2) is 59.5 Å². The average Bonchev–Trinajstić information content (AvgIpc) is 2.50. The first-order valence-corrected chi connectivity index (χ1v) is 7.98. The van der Waals surface area contributed by atoms with Gasteiger partial charge in [-0.1, -0.05) is 36.4 Å². The third-order valence-electron chi connectivity index (χ3n) is 2.88. The highest BCUT2D eigenvalue weighted by Gasteiger charge is 2.01. The van der Waals surface area contributed by atoms with Crippen molar-refractivity contribution in [1.29, 1.82) is 0 Å². The van der Waals surface area contributed by atoms with Crippen LogP contribution in [-0.2, 0) is 6.54 Å². The second-order valence-corrected chi connectivity index (χ2v) is 5.55. The lowest BCUT2D eigenvalue weighted by molar-refractivity contribution is 0.335. The first-order valence-electron chi connectivity index (χ1n) is 6.99. The largest absolute Gasteiger partial charge is 0.494 e. The number of hydrogen-bond donors (Lipinski definition) is 1. The highest BCUT2D eigenvalue weighted by atomic mass is 32.2. The van der Waals surface area contributed by atoms with E-state index >= 15 is 0 Å². The summed E-state index contributed by atoms with van der Waals surface area (Å²) in [5, 5.41) is 3.47. The number of thioether (sulfide) groups is 1. The smallest absolute Gasteiger partial charge is 0.123 e. The molecule has 0 saturated heterocycles. The fourth-order valence-electron chi connectivity index (χ4n) is 1.93. The first-order chi connectivity index (χ1) is 9.90. The van der Waals surface area contributed by atoms with Crippen molar-refractivity contribution in [2.24, 2.45) is 0 Å². The summed E-state index contributed by atoms with van der Waals surface area (Å²) in [4.78, 5) is 1.32.